The molecule has 0 saturated heterocycles. The van der Waals surface area contributed by atoms with Crippen LogP contribution in [0.2, 0.25) is 10.0 Å². The largest absolute Gasteiger partial charge is 0.327 e. The minimum Gasteiger partial charge on any atom is -0.327 e. The minimum absolute atomic E-state index is 0.181. The monoisotopic (exact) mass is 285 g/mol. The summed E-state index contributed by atoms with van der Waals surface area (Å²) >= 11 is 12.4. The van der Waals surface area contributed by atoms with Crippen LogP contribution in [0.25, 0.3) is 0 Å². The van der Waals surface area contributed by atoms with Gasteiger partial charge in [-0.1, -0.05) is 55.0 Å². The van der Waals surface area contributed by atoms with Gasteiger partial charge in [0.25, 0.3) is 0 Å². The van der Waals surface area contributed by atoms with E-state index in [2.05, 4.69) is 0 Å². The number of halogens is 2. The molecule has 0 bridgehead atoms. The van der Waals surface area contributed by atoms with Gasteiger partial charge in [0.1, 0.15) is 0 Å². The van der Waals surface area contributed by atoms with E-state index < -0.39 is 0 Å². The van der Waals surface area contributed by atoms with Gasteiger partial charge in [-0.15, -0.1) is 0 Å². The molecule has 1 atom stereocenters. The quantitative estimate of drug-likeness (QED) is 0.791. The number of rotatable bonds is 3. The number of benzene rings is 1. The lowest BCUT2D eigenvalue weighted by Crippen LogP contribution is -2.32. The summed E-state index contributed by atoms with van der Waals surface area (Å²) in [5, 5.41) is 1.48. The van der Waals surface area contributed by atoms with Crippen LogP contribution in [0.15, 0.2) is 18.2 Å². The maximum Gasteiger partial charge on any atom is 0.0453 e. The van der Waals surface area contributed by atoms with Gasteiger partial charge in [0, 0.05) is 16.1 Å². The Morgan fingerprint density at radius 1 is 1.06 bits per heavy atom. The van der Waals surface area contributed by atoms with E-state index in [0.29, 0.717) is 5.92 Å². The molecule has 0 amide bonds. The second kappa shape index (κ2) is 6.79. The smallest absolute Gasteiger partial charge is 0.0453 e. The van der Waals surface area contributed by atoms with Gasteiger partial charge >= 0.3 is 0 Å². The topological polar surface area (TPSA) is 26.0 Å². The lowest BCUT2D eigenvalue weighted by atomic mass is 9.88. The fraction of sp³-hybridized carbons (Fsp3) is 0.600. The first kappa shape index (κ1) is 14.2. The van der Waals surface area contributed by atoms with Gasteiger partial charge in [-0.05, 0) is 42.9 Å². The van der Waals surface area contributed by atoms with Gasteiger partial charge in [0.2, 0.25) is 0 Å². The summed E-state index contributed by atoms with van der Waals surface area (Å²) < 4.78 is 0. The zero-order chi connectivity index (χ0) is 13.0. The van der Waals surface area contributed by atoms with Crippen molar-refractivity contribution in [1.29, 1.82) is 0 Å². The van der Waals surface area contributed by atoms with E-state index in [1.165, 1.54) is 38.5 Å². The third-order valence-corrected chi connectivity index (χ3v) is 4.72. The molecule has 1 fully saturated rings. The molecule has 100 valence electrons. The van der Waals surface area contributed by atoms with E-state index in [0.717, 1.165) is 22.0 Å². The van der Waals surface area contributed by atoms with Crippen molar-refractivity contribution < 1.29 is 0 Å². The zero-order valence-corrected chi connectivity index (χ0v) is 12.2. The molecule has 2 rings (SSSR count). The molecule has 2 N–H and O–H groups in total. The predicted octanol–water partition coefficient (Wildman–Crippen LogP) is 4.83. The predicted molar refractivity (Wildman–Crippen MR) is 79.3 cm³/mol. The van der Waals surface area contributed by atoms with Crippen LogP contribution in [0.4, 0.5) is 0 Å². The Labute approximate surface area is 120 Å². The molecule has 1 saturated carbocycles. The zero-order valence-electron chi connectivity index (χ0n) is 10.7. The molecule has 0 heterocycles. The first-order valence-electron chi connectivity index (χ1n) is 6.87. The number of hydrogen-bond donors (Lipinski definition) is 1. The number of nitrogens with two attached hydrogens (primary N) is 1. The molecule has 3 heteroatoms. The third kappa shape index (κ3) is 3.63. The fourth-order valence-electron chi connectivity index (χ4n) is 2.87. The minimum atomic E-state index is 0.181. The van der Waals surface area contributed by atoms with Gasteiger partial charge in [0.15, 0.2) is 0 Å². The van der Waals surface area contributed by atoms with Crippen molar-refractivity contribution in [2.45, 2.75) is 51.0 Å². The van der Waals surface area contributed by atoms with Crippen LogP contribution in [0, 0.1) is 5.92 Å². The molecule has 1 aliphatic rings. The molecular formula is C15H21Cl2N. The Kier molecular flexibility index (Phi) is 5.35. The molecule has 0 spiro atoms. The summed E-state index contributed by atoms with van der Waals surface area (Å²) in [6.07, 6.45) is 8.64. The van der Waals surface area contributed by atoms with Crippen LogP contribution in [0.3, 0.4) is 0 Å². The van der Waals surface area contributed by atoms with E-state index >= 15 is 0 Å². The standard InChI is InChI=1S/C15H21Cl2N/c16-13-8-5-9-14(17)12(13)10-15(18)11-6-3-1-2-4-7-11/h5,8-9,11,15H,1-4,6-7,10,18H2. The summed E-state index contributed by atoms with van der Waals surface area (Å²) in [5.41, 5.74) is 7.38. The van der Waals surface area contributed by atoms with Gasteiger partial charge in [-0.2, -0.15) is 0 Å². The first-order chi connectivity index (χ1) is 8.68. The molecular weight excluding hydrogens is 265 g/mol. The Balaban J connectivity index is 2.03. The highest BCUT2D eigenvalue weighted by Gasteiger charge is 2.21. The van der Waals surface area contributed by atoms with Gasteiger partial charge < -0.3 is 5.73 Å². The highest BCUT2D eigenvalue weighted by Crippen LogP contribution is 2.30. The Morgan fingerprint density at radius 3 is 2.17 bits per heavy atom. The third-order valence-electron chi connectivity index (χ3n) is 4.01. The number of hydrogen-bond acceptors (Lipinski definition) is 1. The van der Waals surface area contributed by atoms with E-state index in [1.807, 2.05) is 18.2 Å². The van der Waals surface area contributed by atoms with Crippen molar-refractivity contribution in [3.05, 3.63) is 33.8 Å². The summed E-state index contributed by atoms with van der Waals surface area (Å²) in [7, 11) is 0. The molecule has 18 heavy (non-hydrogen) atoms. The normalized spacial score (nSPS) is 19.5. The van der Waals surface area contributed by atoms with E-state index in [1.54, 1.807) is 0 Å². The van der Waals surface area contributed by atoms with Crippen LogP contribution < -0.4 is 5.73 Å². The fourth-order valence-corrected chi connectivity index (χ4v) is 3.42. The highest BCUT2D eigenvalue weighted by molar-refractivity contribution is 6.35. The highest BCUT2D eigenvalue weighted by atomic mass is 35.5. The summed E-state index contributed by atoms with van der Waals surface area (Å²) in [6, 6.07) is 5.84. The molecule has 1 nitrogen and oxygen atoms in total. The Bertz CT molecular complexity index is 364. The van der Waals surface area contributed by atoms with Crippen LogP contribution >= 0.6 is 23.2 Å². The second-order valence-electron chi connectivity index (χ2n) is 5.32. The molecule has 1 aromatic rings. The van der Waals surface area contributed by atoms with E-state index in [-0.39, 0.29) is 6.04 Å². The SMILES string of the molecule is NC(Cc1c(Cl)cccc1Cl)C1CCCCCC1. The molecule has 1 aromatic carbocycles. The maximum absolute atomic E-state index is 6.37. The van der Waals surface area contributed by atoms with Crippen LogP contribution in [-0.2, 0) is 6.42 Å². The van der Waals surface area contributed by atoms with Crippen molar-refractivity contribution in [2.75, 3.05) is 0 Å². The second-order valence-corrected chi connectivity index (χ2v) is 6.13. The average Bonchev–Trinajstić information content (AvgIpc) is 2.62. The Morgan fingerprint density at radius 2 is 1.61 bits per heavy atom. The lowest BCUT2D eigenvalue weighted by Gasteiger charge is -2.23. The summed E-state index contributed by atoms with van der Waals surface area (Å²) in [6.45, 7) is 0. The average molecular weight is 286 g/mol. The molecule has 1 unspecified atom stereocenters. The van der Waals surface area contributed by atoms with Crippen molar-refractivity contribution >= 4 is 23.2 Å². The maximum atomic E-state index is 6.37. The van der Waals surface area contributed by atoms with Crippen molar-refractivity contribution in [3.8, 4) is 0 Å². The van der Waals surface area contributed by atoms with Crippen molar-refractivity contribution in [3.63, 3.8) is 0 Å². The lowest BCUT2D eigenvalue weighted by molar-refractivity contribution is 0.372. The van der Waals surface area contributed by atoms with Gasteiger partial charge in [-0.3, -0.25) is 0 Å². The first-order valence-corrected chi connectivity index (χ1v) is 7.62. The van der Waals surface area contributed by atoms with Crippen molar-refractivity contribution in [2.24, 2.45) is 11.7 Å². The van der Waals surface area contributed by atoms with Gasteiger partial charge in [0.05, 0.1) is 0 Å². The molecule has 0 radical (unpaired) electrons. The van der Waals surface area contributed by atoms with Gasteiger partial charge in [-0.25, -0.2) is 0 Å². The van der Waals surface area contributed by atoms with Crippen LogP contribution in [-0.4, -0.2) is 6.04 Å². The Hall–Kier alpha value is -0.240. The molecule has 0 aliphatic heterocycles. The summed E-state index contributed by atoms with van der Waals surface area (Å²) in [5.74, 6) is 0.625. The van der Waals surface area contributed by atoms with Crippen LogP contribution in [0.1, 0.15) is 44.1 Å². The molecule has 1 aliphatic carbocycles. The van der Waals surface area contributed by atoms with E-state index in [4.69, 9.17) is 28.9 Å². The molecule has 0 aromatic heterocycles. The summed E-state index contributed by atoms with van der Waals surface area (Å²) in [4.78, 5) is 0. The van der Waals surface area contributed by atoms with E-state index in [9.17, 15) is 0 Å². The van der Waals surface area contributed by atoms with Crippen LogP contribution in [0.5, 0.6) is 0 Å². The van der Waals surface area contributed by atoms with Crippen molar-refractivity contribution in [1.82, 2.24) is 0 Å².